The molecule has 2 atom stereocenters. The Labute approximate surface area is 337 Å². The average molecular weight is 893 g/mol. The highest BCUT2D eigenvalue weighted by molar-refractivity contribution is 7.67. The zero-order chi connectivity index (χ0) is 41.7. The van der Waals surface area contributed by atoms with Gasteiger partial charge >= 0.3 is 29.7 Å². The van der Waals surface area contributed by atoms with E-state index in [1.807, 2.05) is 6.92 Å². The highest BCUT2D eigenvalue weighted by Gasteiger charge is 2.89. The number of alkyl halides is 10. The van der Waals surface area contributed by atoms with E-state index in [1.165, 1.54) is 44.9 Å². The second-order valence-corrected chi connectivity index (χ2v) is 30.5. The van der Waals surface area contributed by atoms with E-state index < -0.39 is 67.2 Å². The summed E-state index contributed by atoms with van der Waals surface area (Å²) in [6.07, 6.45) is 18.3. The van der Waals surface area contributed by atoms with Crippen molar-refractivity contribution in [2.24, 2.45) is 5.92 Å². The van der Waals surface area contributed by atoms with Crippen molar-refractivity contribution in [1.82, 2.24) is 0 Å². The molecule has 0 bridgehead atoms. The summed E-state index contributed by atoms with van der Waals surface area (Å²) in [5.41, 5.74) is -5.83. The molecule has 2 unspecified atom stereocenters. The van der Waals surface area contributed by atoms with Crippen molar-refractivity contribution in [3.05, 3.63) is 0 Å². The van der Waals surface area contributed by atoms with Crippen LogP contribution in [-0.4, -0.2) is 43.3 Å². The van der Waals surface area contributed by atoms with Crippen LogP contribution in [0.15, 0.2) is 0 Å². The number of hydrogen-bond acceptors (Lipinski definition) is 0. The summed E-state index contributed by atoms with van der Waals surface area (Å²) >= 11 is 18.3. The molecule has 0 aromatic heterocycles. The molecule has 0 aliphatic carbocycles. The summed E-state index contributed by atoms with van der Waals surface area (Å²) in [5.74, 6) is -28.9. The molecule has 326 valence electrons. The van der Waals surface area contributed by atoms with Crippen LogP contribution in [0.1, 0.15) is 194 Å². The van der Waals surface area contributed by atoms with Crippen LogP contribution in [0.5, 0.6) is 0 Å². The lowest BCUT2D eigenvalue weighted by atomic mass is 9.83. The van der Waals surface area contributed by atoms with Crippen LogP contribution >= 0.6 is 33.2 Å². The maximum absolute atomic E-state index is 15.9. The van der Waals surface area contributed by atoms with E-state index in [1.54, 1.807) is 6.92 Å². The van der Waals surface area contributed by atoms with Crippen LogP contribution in [-0.2, 0) is 0 Å². The molecular weight excluding hydrogens is 821 g/mol. The van der Waals surface area contributed by atoms with Crippen LogP contribution in [0, 0.1) is 5.92 Å². The van der Waals surface area contributed by atoms with Gasteiger partial charge in [0.1, 0.15) is 8.07 Å². The molecular formula is C39H71Cl3F10Si2. The van der Waals surface area contributed by atoms with Crippen molar-refractivity contribution in [3.8, 4) is 0 Å². The smallest absolute Gasteiger partial charge is 0.205 e. The minimum atomic E-state index is -7.12. The molecule has 0 nitrogen and oxygen atoms in total. The fourth-order valence-electron chi connectivity index (χ4n) is 7.44. The monoisotopic (exact) mass is 890 g/mol. The Bertz CT molecular complexity index is 965. The number of hydrogen-bond donors (Lipinski definition) is 0. The van der Waals surface area contributed by atoms with E-state index in [0.717, 1.165) is 57.8 Å². The fourth-order valence-corrected chi connectivity index (χ4v) is 22.5. The maximum atomic E-state index is 15.9. The van der Waals surface area contributed by atoms with Gasteiger partial charge in [0.05, 0.1) is 0 Å². The average Bonchev–Trinajstić information content (AvgIpc) is 3.07. The molecule has 0 heterocycles. The maximum Gasteiger partial charge on any atom is 0.384 e. The Hall–Kier alpha value is 0.604. The predicted octanol–water partition coefficient (Wildman–Crippen LogP) is 18.2. The molecule has 15 heteroatoms. The number of rotatable bonds is 35. The number of unbranched alkanes of at least 4 members (excludes halogenated alkanes) is 21. The summed E-state index contributed by atoms with van der Waals surface area (Å²) in [6.45, 7) is 6.97. The molecule has 0 aliphatic heterocycles. The lowest BCUT2D eigenvalue weighted by molar-refractivity contribution is -0.398. The molecule has 0 aromatic rings. The van der Waals surface area contributed by atoms with E-state index in [4.69, 9.17) is 33.2 Å². The first kappa shape index (κ1) is 54.6. The van der Waals surface area contributed by atoms with Crippen LogP contribution < -0.4 is 0 Å². The van der Waals surface area contributed by atoms with Crippen molar-refractivity contribution in [2.45, 2.75) is 242 Å². The van der Waals surface area contributed by atoms with Crippen LogP contribution in [0.2, 0.25) is 18.3 Å². The molecule has 54 heavy (non-hydrogen) atoms. The van der Waals surface area contributed by atoms with Crippen molar-refractivity contribution in [2.75, 3.05) is 0 Å². The van der Waals surface area contributed by atoms with Gasteiger partial charge < -0.3 is 0 Å². The Morgan fingerprint density at radius 3 is 1.02 bits per heavy atom. The van der Waals surface area contributed by atoms with Gasteiger partial charge in [-0.15, -0.1) is 33.2 Å². The molecule has 0 aliphatic rings. The first-order valence-corrected chi connectivity index (χ1v) is 29.1. The SMILES string of the molecule is CCCCCCCCCCCCCCCCCC(CCCC)C(F)(F)C(F)(F)C(F)(F)C(F)(F)C(F)(F)[Si](C)(C)C(CCCCCCCCC)[Si](Cl)(Cl)Cl. The van der Waals surface area contributed by atoms with Crippen molar-refractivity contribution in [3.63, 3.8) is 0 Å². The fraction of sp³-hybridized carbons (Fsp3) is 1.00. The van der Waals surface area contributed by atoms with E-state index in [0.29, 0.717) is 38.8 Å². The van der Waals surface area contributed by atoms with Crippen LogP contribution in [0.3, 0.4) is 0 Å². The molecule has 0 saturated carbocycles. The van der Waals surface area contributed by atoms with Gasteiger partial charge in [-0.3, -0.25) is 0 Å². The predicted molar refractivity (Wildman–Crippen MR) is 214 cm³/mol. The second-order valence-electron chi connectivity index (χ2n) is 16.2. The van der Waals surface area contributed by atoms with Crippen molar-refractivity contribution < 1.29 is 43.9 Å². The van der Waals surface area contributed by atoms with Crippen LogP contribution in [0.25, 0.3) is 0 Å². The second kappa shape index (κ2) is 26.0. The molecule has 0 N–H and O–H groups in total. The normalized spacial score (nSPS) is 15.2. The minimum Gasteiger partial charge on any atom is -0.205 e. The summed E-state index contributed by atoms with van der Waals surface area (Å²) in [4.78, 5) is 0. The quantitative estimate of drug-likeness (QED) is 0.0257. The summed E-state index contributed by atoms with van der Waals surface area (Å²) in [5, 5.41) is -1.74. The Balaban J connectivity index is 5.65. The Kier molecular flexibility index (Phi) is 26.2. The van der Waals surface area contributed by atoms with Gasteiger partial charge in [-0.05, 0) is 18.0 Å². The standard InChI is InChI=1S/C39H71Cl3F10Si2/c1-6-9-12-14-16-17-18-19-20-21-22-23-25-26-28-31-33(30-11-8-3)35(43,44)36(45,46)37(47,48)38(49,50)39(51,52)53(4,5)34(54(40,41)42)32-29-27-24-15-13-10-7-2/h33-34H,6-32H2,1-5H3. The van der Waals surface area contributed by atoms with Gasteiger partial charge in [0.25, 0.3) is 5.55 Å². The lowest BCUT2D eigenvalue weighted by Crippen LogP contribution is -2.74. The van der Waals surface area contributed by atoms with Gasteiger partial charge in [-0.25, -0.2) is 8.78 Å². The van der Waals surface area contributed by atoms with Gasteiger partial charge in [0.2, 0.25) is 0 Å². The highest BCUT2D eigenvalue weighted by Crippen LogP contribution is 2.63. The van der Waals surface area contributed by atoms with Crippen molar-refractivity contribution >= 4 is 47.3 Å². The van der Waals surface area contributed by atoms with E-state index in [9.17, 15) is 0 Å². The zero-order valence-corrected chi connectivity index (χ0v) is 37.9. The van der Waals surface area contributed by atoms with Crippen LogP contribution in [0.4, 0.5) is 43.9 Å². The third-order valence-electron chi connectivity index (χ3n) is 11.3. The van der Waals surface area contributed by atoms with Crippen molar-refractivity contribution in [1.29, 1.82) is 0 Å². The Morgan fingerprint density at radius 1 is 0.389 bits per heavy atom. The third-order valence-corrected chi connectivity index (χ3v) is 23.9. The molecule has 0 fully saturated rings. The minimum absolute atomic E-state index is 0.00961. The molecule has 0 amide bonds. The molecule has 0 aromatic carbocycles. The first-order valence-electron chi connectivity index (χ1n) is 20.9. The molecule has 0 saturated heterocycles. The summed E-state index contributed by atoms with van der Waals surface area (Å²) in [6, 6.07) is -4.32. The molecule has 0 spiro atoms. The van der Waals surface area contributed by atoms with Gasteiger partial charge in [0.15, 0.2) is 0 Å². The van der Waals surface area contributed by atoms with E-state index in [2.05, 4.69) is 6.92 Å². The first-order chi connectivity index (χ1) is 25.0. The third kappa shape index (κ3) is 16.0. The molecule has 0 radical (unpaired) electrons. The molecule has 0 rings (SSSR count). The topological polar surface area (TPSA) is 0 Å². The van der Waals surface area contributed by atoms with Gasteiger partial charge in [-0.1, -0.05) is 194 Å². The lowest BCUT2D eigenvalue weighted by Gasteiger charge is -2.48. The van der Waals surface area contributed by atoms with E-state index >= 15 is 43.9 Å². The number of halogens is 13. The summed E-state index contributed by atoms with van der Waals surface area (Å²) in [7, 11) is -5.24. The van der Waals surface area contributed by atoms with Gasteiger partial charge in [-0.2, -0.15) is 35.1 Å². The summed E-state index contributed by atoms with van der Waals surface area (Å²) < 4.78 is 156. The highest BCUT2D eigenvalue weighted by atomic mass is 35.8. The van der Waals surface area contributed by atoms with Gasteiger partial charge in [0, 0.05) is 5.92 Å². The van der Waals surface area contributed by atoms with E-state index in [-0.39, 0.29) is 32.1 Å². The zero-order valence-electron chi connectivity index (χ0n) is 33.7. The largest absolute Gasteiger partial charge is 0.384 e. The Morgan fingerprint density at radius 2 is 0.685 bits per heavy atom.